The summed E-state index contributed by atoms with van der Waals surface area (Å²) in [6, 6.07) is 21.5. The Morgan fingerprint density at radius 1 is 0.920 bits per heavy atom. The van der Waals surface area contributed by atoms with E-state index in [0.717, 1.165) is 25.9 Å². The van der Waals surface area contributed by atoms with Crippen molar-refractivity contribution in [1.29, 1.82) is 0 Å². The Kier molecular flexibility index (Phi) is 5.87. The molecule has 3 nitrogen and oxygen atoms in total. The van der Waals surface area contributed by atoms with Gasteiger partial charge in [-0.1, -0.05) is 60.7 Å². The molecule has 0 aliphatic heterocycles. The molecule has 0 radical (unpaired) electrons. The predicted molar refractivity (Wildman–Crippen MR) is 102 cm³/mol. The summed E-state index contributed by atoms with van der Waals surface area (Å²) in [5.41, 5.74) is 2.46. The third-order valence-electron chi connectivity index (χ3n) is 4.80. The molecule has 0 spiro atoms. The third kappa shape index (κ3) is 5.17. The summed E-state index contributed by atoms with van der Waals surface area (Å²) < 4.78 is 0. The van der Waals surface area contributed by atoms with Crippen LogP contribution in [0.25, 0.3) is 0 Å². The number of rotatable bonds is 8. The molecule has 132 valence electrons. The van der Waals surface area contributed by atoms with Crippen molar-refractivity contribution in [2.75, 3.05) is 6.54 Å². The molecule has 1 saturated carbocycles. The Morgan fingerprint density at radius 2 is 1.44 bits per heavy atom. The summed E-state index contributed by atoms with van der Waals surface area (Å²) in [5, 5.41) is 0. The largest absolute Gasteiger partial charge is 0.334 e. The lowest BCUT2D eigenvalue weighted by Crippen LogP contribution is -2.43. The first-order chi connectivity index (χ1) is 12.1. The Hall–Kier alpha value is -2.13. The number of nitrogens with zero attached hydrogens (tertiary/aromatic N) is 2. The molecule has 1 aliphatic rings. The zero-order chi connectivity index (χ0) is 17.6. The maximum absolute atomic E-state index is 13.0. The molecule has 0 heterocycles. The van der Waals surface area contributed by atoms with Crippen LogP contribution in [0.1, 0.15) is 37.8 Å². The van der Waals surface area contributed by atoms with Crippen LogP contribution in [0.5, 0.6) is 0 Å². The number of carbonyl (C=O) groups excluding carboxylic acids is 1. The van der Waals surface area contributed by atoms with E-state index in [4.69, 9.17) is 0 Å². The second-order valence-electron chi connectivity index (χ2n) is 7.22. The SMILES string of the molecule is CC(C)N(CC(=O)N(Cc1ccccc1)C1CC1)Cc1ccccc1. The zero-order valence-electron chi connectivity index (χ0n) is 15.3. The minimum Gasteiger partial charge on any atom is -0.334 e. The summed E-state index contributed by atoms with van der Waals surface area (Å²) in [5.74, 6) is 0.246. The quantitative estimate of drug-likeness (QED) is 0.725. The van der Waals surface area contributed by atoms with Crippen LogP contribution in [-0.4, -0.2) is 34.3 Å². The number of carbonyl (C=O) groups is 1. The Balaban J connectivity index is 1.66. The lowest BCUT2D eigenvalue weighted by Gasteiger charge is -2.30. The van der Waals surface area contributed by atoms with E-state index in [1.807, 2.05) is 24.3 Å². The standard InChI is InChI=1S/C22H28N2O/c1-18(2)23(15-19-9-5-3-6-10-19)17-22(25)24(21-13-14-21)16-20-11-7-4-8-12-20/h3-12,18,21H,13-17H2,1-2H3. The van der Waals surface area contributed by atoms with Gasteiger partial charge in [0.2, 0.25) is 5.91 Å². The first-order valence-corrected chi connectivity index (χ1v) is 9.25. The number of hydrogen-bond donors (Lipinski definition) is 0. The lowest BCUT2D eigenvalue weighted by atomic mass is 10.1. The van der Waals surface area contributed by atoms with Gasteiger partial charge in [0.05, 0.1) is 6.54 Å². The molecule has 3 rings (SSSR count). The topological polar surface area (TPSA) is 23.6 Å². The molecule has 25 heavy (non-hydrogen) atoms. The predicted octanol–water partition coefficient (Wildman–Crippen LogP) is 4.09. The van der Waals surface area contributed by atoms with Crippen molar-refractivity contribution >= 4 is 5.91 Å². The van der Waals surface area contributed by atoms with Crippen molar-refractivity contribution in [1.82, 2.24) is 9.80 Å². The van der Waals surface area contributed by atoms with Crippen molar-refractivity contribution < 1.29 is 4.79 Å². The van der Waals surface area contributed by atoms with E-state index in [9.17, 15) is 4.79 Å². The Bertz CT molecular complexity index is 665. The molecule has 3 heteroatoms. The molecule has 0 aromatic heterocycles. The van der Waals surface area contributed by atoms with Crippen LogP contribution in [0.15, 0.2) is 60.7 Å². The highest BCUT2D eigenvalue weighted by Gasteiger charge is 2.33. The fourth-order valence-corrected chi connectivity index (χ4v) is 3.09. The number of amides is 1. The average Bonchev–Trinajstić information content (AvgIpc) is 3.45. The first kappa shape index (κ1) is 17.7. The van der Waals surface area contributed by atoms with Crippen LogP contribution >= 0.6 is 0 Å². The van der Waals surface area contributed by atoms with Crippen LogP contribution < -0.4 is 0 Å². The minimum absolute atomic E-state index is 0.246. The van der Waals surface area contributed by atoms with Crippen molar-refractivity contribution in [2.24, 2.45) is 0 Å². The van der Waals surface area contributed by atoms with Gasteiger partial charge in [0.15, 0.2) is 0 Å². The van der Waals surface area contributed by atoms with Gasteiger partial charge in [-0.25, -0.2) is 0 Å². The van der Waals surface area contributed by atoms with Crippen molar-refractivity contribution in [3.63, 3.8) is 0 Å². The summed E-state index contributed by atoms with van der Waals surface area (Å²) >= 11 is 0. The van der Waals surface area contributed by atoms with Crippen molar-refractivity contribution in [2.45, 2.75) is 51.9 Å². The van der Waals surface area contributed by atoms with E-state index < -0.39 is 0 Å². The third-order valence-corrected chi connectivity index (χ3v) is 4.80. The molecule has 1 amide bonds. The van der Waals surface area contributed by atoms with E-state index >= 15 is 0 Å². The molecular formula is C22H28N2O. The van der Waals surface area contributed by atoms with Crippen molar-refractivity contribution in [3.05, 3.63) is 71.8 Å². The fraction of sp³-hybridized carbons (Fsp3) is 0.409. The van der Waals surface area contributed by atoms with Gasteiger partial charge in [-0.05, 0) is 37.8 Å². The zero-order valence-corrected chi connectivity index (χ0v) is 15.3. The van der Waals surface area contributed by atoms with E-state index in [1.54, 1.807) is 0 Å². The summed E-state index contributed by atoms with van der Waals surface area (Å²) in [7, 11) is 0. The van der Waals surface area contributed by atoms with Gasteiger partial charge in [-0.15, -0.1) is 0 Å². The molecule has 2 aromatic carbocycles. The monoisotopic (exact) mass is 336 g/mol. The van der Waals surface area contributed by atoms with E-state index in [1.165, 1.54) is 11.1 Å². The minimum atomic E-state index is 0.246. The van der Waals surface area contributed by atoms with E-state index in [2.05, 4.69) is 60.0 Å². The molecule has 1 fully saturated rings. The second-order valence-corrected chi connectivity index (χ2v) is 7.22. The van der Waals surface area contributed by atoms with Crippen LogP contribution in [0.3, 0.4) is 0 Å². The van der Waals surface area contributed by atoms with Crippen molar-refractivity contribution in [3.8, 4) is 0 Å². The Labute approximate surface area is 151 Å². The molecule has 0 bridgehead atoms. The van der Waals surface area contributed by atoms with Crippen LogP contribution in [-0.2, 0) is 17.9 Å². The maximum Gasteiger partial charge on any atom is 0.237 e. The van der Waals surface area contributed by atoms with Gasteiger partial charge in [0.25, 0.3) is 0 Å². The molecular weight excluding hydrogens is 308 g/mol. The van der Waals surface area contributed by atoms with Crippen LogP contribution in [0.4, 0.5) is 0 Å². The van der Waals surface area contributed by atoms with Gasteiger partial charge >= 0.3 is 0 Å². The highest BCUT2D eigenvalue weighted by atomic mass is 16.2. The van der Waals surface area contributed by atoms with E-state index in [-0.39, 0.29) is 5.91 Å². The maximum atomic E-state index is 13.0. The number of benzene rings is 2. The number of hydrogen-bond acceptors (Lipinski definition) is 2. The average molecular weight is 336 g/mol. The van der Waals surface area contributed by atoms with Gasteiger partial charge in [-0.2, -0.15) is 0 Å². The first-order valence-electron chi connectivity index (χ1n) is 9.25. The summed E-state index contributed by atoms with van der Waals surface area (Å²) in [6.45, 7) is 6.34. The molecule has 1 aliphatic carbocycles. The molecule has 0 unspecified atom stereocenters. The lowest BCUT2D eigenvalue weighted by molar-refractivity contribution is -0.134. The molecule has 2 aromatic rings. The van der Waals surface area contributed by atoms with Gasteiger partial charge in [0.1, 0.15) is 0 Å². The molecule has 0 saturated heterocycles. The second kappa shape index (κ2) is 8.30. The van der Waals surface area contributed by atoms with Crippen LogP contribution in [0, 0.1) is 0 Å². The highest BCUT2D eigenvalue weighted by Crippen LogP contribution is 2.28. The van der Waals surface area contributed by atoms with Gasteiger partial charge < -0.3 is 4.90 Å². The van der Waals surface area contributed by atoms with Gasteiger partial charge in [-0.3, -0.25) is 9.69 Å². The molecule has 0 N–H and O–H groups in total. The molecule has 0 atom stereocenters. The summed E-state index contributed by atoms with van der Waals surface area (Å²) in [4.78, 5) is 17.4. The summed E-state index contributed by atoms with van der Waals surface area (Å²) in [6.07, 6.45) is 2.28. The van der Waals surface area contributed by atoms with Gasteiger partial charge in [0, 0.05) is 25.2 Å². The Morgan fingerprint density at radius 3 is 1.92 bits per heavy atom. The fourth-order valence-electron chi connectivity index (χ4n) is 3.09. The smallest absolute Gasteiger partial charge is 0.237 e. The van der Waals surface area contributed by atoms with E-state index in [0.29, 0.717) is 18.6 Å². The van der Waals surface area contributed by atoms with Crippen LogP contribution in [0.2, 0.25) is 0 Å². The highest BCUT2D eigenvalue weighted by molar-refractivity contribution is 5.79. The normalized spacial score (nSPS) is 14.1.